The highest BCUT2D eigenvalue weighted by atomic mass is 16.6. The van der Waals surface area contributed by atoms with Gasteiger partial charge in [0.15, 0.2) is 0 Å². The maximum Gasteiger partial charge on any atom is 0.410 e. The second kappa shape index (κ2) is 7.91. The van der Waals surface area contributed by atoms with E-state index in [1.54, 1.807) is 4.90 Å². The van der Waals surface area contributed by atoms with Gasteiger partial charge in [-0.3, -0.25) is 9.69 Å². The minimum absolute atomic E-state index is 0.0453. The van der Waals surface area contributed by atoms with Gasteiger partial charge in [-0.25, -0.2) is 4.79 Å². The summed E-state index contributed by atoms with van der Waals surface area (Å²) in [6.07, 6.45) is 0.285. The monoisotopic (exact) mass is 413 g/mol. The first-order valence-corrected chi connectivity index (χ1v) is 10.5. The van der Waals surface area contributed by atoms with E-state index in [1.165, 1.54) is 22.3 Å². The molecule has 31 heavy (non-hydrogen) atoms. The molecular weight excluding hydrogens is 390 g/mol. The van der Waals surface area contributed by atoms with Crippen LogP contribution in [0.2, 0.25) is 0 Å². The van der Waals surface area contributed by atoms with E-state index in [1.807, 2.05) is 42.5 Å². The number of carbonyl (C=O) groups is 2. The Bertz CT molecular complexity index is 1120. The number of nitrogens with zero attached hydrogens (tertiary/aromatic N) is 1. The van der Waals surface area contributed by atoms with Crippen molar-refractivity contribution in [3.8, 4) is 11.1 Å². The fraction of sp³-hybridized carbons (Fsp3) is 0.231. The summed E-state index contributed by atoms with van der Waals surface area (Å²) in [5.74, 6) is -0.760. The zero-order chi connectivity index (χ0) is 21.4. The van der Waals surface area contributed by atoms with Crippen molar-refractivity contribution in [2.45, 2.75) is 31.8 Å². The zero-order valence-corrected chi connectivity index (χ0v) is 17.1. The molecule has 0 unspecified atom stereocenters. The lowest BCUT2D eigenvalue weighted by Gasteiger charge is -2.19. The van der Waals surface area contributed by atoms with Gasteiger partial charge in [0.2, 0.25) is 0 Å². The predicted octanol–water partition coefficient (Wildman–Crippen LogP) is 4.97. The molecule has 0 spiro atoms. The SMILES string of the molecule is O=C(O)CCc1ccc2c(c1)CN(C(=O)OCC1c3ccccc3-c3ccccc31)C2. The maximum absolute atomic E-state index is 12.8. The molecule has 1 aliphatic heterocycles. The molecule has 0 aromatic heterocycles. The Labute approximate surface area is 180 Å². The van der Waals surface area contributed by atoms with Crippen LogP contribution in [0.15, 0.2) is 66.7 Å². The lowest BCUT2D eigenvalue weighted by molar-refractivity contribution is -0.136. The van der Waals surface area contributed by atoms with Crippen LogP contribution in [0.3, 0.4) is 0 Å². The Kier molecular flexibility index (Phi) is 4.94. The van der Waals surface area contributed by atoms with Crippen LogP contribution in [0.1, 0.15) is 40.2 Å². The molecule has 3 aromatic carbocycles. The molecule has 0 fully saturated rings. The number of rotatable bonds is 5. The second-order valence-electron chi connectivity index (χ2n) is 8.16. The Morgan fingerprint density at radius 2 is 1.55 bits per heavy atom. The van der Waals surface area contributed by atoms with E-state index in [0.29, 0.717) is 26.1 Å². The van der Waals surface area contributed by atoms with E-state index in [2.05, 4.69) is 24.3 Å². The first-order chi connectivity index (χ1) is 15.1. The molecule has 156 valence electrons. The summed E-state index contributed by atoms with van der Waals surface area (Å²) in [5.41, 5.74) is 7.95. The average molecular weight is 413 g/mol. The number of hydrogen-bond donors (Lipinski definition) is 1. The highest BCUT2D eigenvalue weighted by Gasteiger charge is 2.31. The number of aliphatic carboxylic acids is 1. The molecule has 5 nitrogen and oxygen atoms in total. The van der Waals surface area contributed by atoms with Crippen molar-refractivity contribution in [2.75, 3.05) is 6.61 Å². The maximum atomic E-state index is 12.8. The van der Waals surface area contributed by atoms with Crippen LogP contribution in [0.4, 0.5) is 4.79 Å². The molecule has 1 heterocycles. The molecular formula is C26H23NO4. The summed E-state index contributed by atoms with van der Waals surface area (Å²) in [6.45, 7) is 1.32. The molecule has 0 bridgehead atoms. The molecule has 5 heteroatoms. The van der Waals surface area contributed by atoms with Crippen LogP contribution >= 0.6 is 0 Å². The van der Waals surface area contributed by atoms with Crippen molar-refractivity contribution in [3.05, 3.63) is 94.5 Å². The number of amides is 1. The number of hydrogen-bond acceptors (Lipinski definition) is 3. The minimum Gasteiger partial charge on any atom is -0.481 e. The van der Waals surface area contributed by atoms with E-state index in [9.17, 15) is 9.59 Å². The largest absolute Gasteiger partial charge is 0.481 e. The lowest BCUT2D eigenvalue weighted by atomic mass is 9.98. The van der Waals surface area contributed by atoms with Crippen LogP contribution in [0.25, 0.3) is 11.1 Å². The normalized spacial score (nSPS) is 14.1. The molecule has 1 amide bonds. The quantitative estimate of drug-likeness (QED) is 0.641. The van der Waals surface area contributed by atoms with Crippen molar-refractivity contribution >= 4 is 12.1 Å². The molecule has 0 radical (unpaired) electrons. The van der Waals surface area contributed by atoms with Gasteiger partial charge in [0.1, 0.15) is 6.61 Å². The van der Waals surface area contributed by atoms with Crippen molar-refractivity contribution in [1.29, 1.82) is 0 Å². The smallest absolute Gasteiger partial charge is 0.410 e. The topological polar surface area (TPSA) is 66.8 Å². The highest BCUT2D eigenvalue weighted by molar-refractivity contribution is 5.79. The molecule has 0 saturated heterocycles. The summed E-state index contributed by atoms with van der Waals surface area (Å²) < 4.78 is 5.77. The molecule has 1 N–H and O–H groups in total. The molecule has 2 aliphatic rings. The van der Waals surface area contributed by atoms with Gasteiger partial charge in [-0.1, -0.05) is 66.7 Å². The Morgan fingerprint density at radius 3 is 2.23 bits per heavy atom. The minimum atomic E-state index is -0.805. The fourth-order valence-electron chi connectivity index (χ4n) is 4.67. The van der Waals surface area contributed by atoms with Gasteiger partial charge in [0.05, 0.1) is 0 Å². The van der Waals surface area contributed by atoms with Crippen LogP contribution in [0, 0.1) is 0 Å². The molecule has 1 aliphatic carbocycles. The predicted molar refractivity (Wildman–Crippen MR) is 117 cm³/mol. The number of carboxylic acids is 1. The average Bonchev–Trinajstić information content (AvgIpc) is 3.35. The number of benzene rings is 3. The van der Waals surface area contributed by atoms with Crippen LogP contribution in [-0.2, 0) is 29.0 Å². The summed E-state index contributed by atoms with van der Waals surface area (Å²) in [7, 11) is 0. The van der Waals surface area contributed by atoms with Gasteiger partial charge in [0.25, 0.3) is 0 Å². The Hall–Kier alpha value is -3.60. The second-order valence-corrected chi connectivity index (χ2v) is 8.16. The van der Waals surface area contributed by atoms with E-state index in [0.717, 1.165) is 16.7 Å². The van der Waals surface area contributed by atoms with Gasteiger partial charge in [-0.15, -0.1) is 0 Å². The van der Waals surface area contributed by atoms with Gasteiger partial charge < -0.3 is 9.84 Å². The first-order valence-electron chi connectivity index (χ1n) is 10.5. The van der Waals surface area contributed by atoms with Gasteiger partial charge in [-0.2, -0.15) is 0 Å². The summed E-state index contributed by atoms with van der Waals surface area (Å²) in [4.78, 5) is 25.3. The van der Waals surface area contributed by atoms with Crippen LogP contribution in [-0.4, -0.2) is 28.7 Å². The fourth-order valence-corrected chi connectivity index (χ4v) is 4.67. The Morgan fingerprint density at radius 1 is 0.903 bits per heavy atom. The van der Waals surface area contributed by atoms with Crippen LogP contribution < -0.4 is 0 Å². The van der Waals surface area contributed by atoms with E-state index in [4.69, 9.17) is 9.84 Å². The molecule has 3 aromatic rings. The van der Waals surface area contributed by atoms with E-state index in [-0.39, 0.29) is 18.4 Å². The zero-order valence-electron chi connectivity index (χ0n) is 17.1. The third-order valence-electron chi connectivity index (χ3n) is 6.21. The summed E-state index contributed by atoms with van der Waals surface area (Å²) in [5, 5.41) is 8.89. The number of aryl methyl sites for hydroxylation is 1. The first kappa shape index (κ1) is 19.4. The van der Waals surface area contributed by atoms with Gasteiger partial charge in [-0.05, 0) is 45.4 Å². The highest BCUT2D eigenvalue weighted by Crippen LogP contribution is 2.44. The molecule has 0 saturated carbocycles. The number of ether oxygens (including phenoxy) is 1. The molecule has 0 atom stereocenters. The van der Waals surface area contributed by atoms with Crippen molar-refractivity contribution in [1.82, 2.24) is 4.90 Å². The van der Waals surface area contributed by atoms with Crippen molar-refractivity contribution in [2.24, 2.45) is 0 Å². The summed E-state index contributed by atoms with van der Waals surface area (Å²) >= 11 is 0. The van der Waals surface area contributed by atoms with Gasteiger partial charge in [0, 0.05) is 25.4 Å². The van der Waals surface area contributed by atoms with Crippen molar-refractivity contribution in [3.63, 3.8) is 0 Å². The molecule has 5 rings (SSSR count). The van der Waals surface area contributed by atoms with E-state index >= 15 is 0 Å². The van der Waals surface area contributed by atoms with Gasteiger partial charge >= 0.3 is 12.1 Å². The number of carbonyl (C=O) groups excluding carboxylic acids is 1. The van der Waals surface area contributed by atoms with Crippen molar-refractivity contribution < 1.29 is 19.4 Å². The third-order valence-corrected chi connectivity index (χ3v) is 6.21. The Balaban J connectivity index is 1.26. The standard InChI is InChI=1S/C26H23NO4/c28-25(29)12-10-17-9-11-18-14-27(15-19(18)13-17)26(30)31-16-24-22-7-3-1-5-20(22)21-6-2-4-8-23(21)24/h1-9,11,13,24H,10,12,14-16H2,(H,28,29). The lowest BCUT2D eigenvalue weighted by Crippen LogP contribution is -2.27. The van der Waals surface area contributed by atoms with E-state index < -0.39 is 5.97 Å². The number of fused-ring (bicyclic) bond motifs is 4. The summed E-state index contributed by atoms with van der Waals surface area (Å²) in [6, 6.07) is 22.5. The van der Waals surface area contributed by atoms with Crippen LogP contribution in [0.5, 0.6) is 0 Å². The number of carboxylic acid groups (broad SMARTS) is 1. The third kappa shape index (κ3) is 3.67.